The minimum atomic E-state index is 0.552. The Morgan fingerprint density at radius 2 is 1.67 bits per heavy atom. The summed E-state index contributed by atoms with van der Waals surface area (Å²) in [6, 6.07) is 0. The van der Waals surface area contributed by atoms with Gasteiger partial charge in [-0.15, -0.1) is 0 Å². The molecule has 2 atom stereocenters. The third-order valence-corrected chi connectivity index (χ3v) is 3.84. The van der Waals surface area contributed by atoms with Crippen molar-refractivity contribution in [2.75, 3.05) is 6.61 Å². The van der Waals surface area contributed by atoms with Gasteiger partial charge in [0.25, 0.3) is 0 Å². The zero-order valence-corrected chi connectivity index (χ0v) is 9.95. The van der Waals surface area contributed by atoms with E-state index in [1.807, 2.05) is 0 Å². The Hall–Kier alpha value is -0.300. The lowest BCUT2D eigenvalue weighted by Gasteiger charge is -2.16. The first-order valence-corrected chi connectivity index (χ1v) is 6.71. The summed E-state index contributed by atoms with van der Waals surface area (Å²) >= 11 is 0. The third kappa shape index (κ3) is 2.84. The molecule has 0 N–H and O–H groups in total. The van der Waals surface area contributed by atoms with Crippen molar-refractivity contribution in [2.45, 2.75) is 58.0 Å². The van der Waals surface area contributed by atoms with Gasteiger partial charge in [-0.05, 0) is 19.3 Å². The topological polar surface area (TPSA) is 9.23 Å². The van der Waals surface area contributed by atoms with Crippen LogP contribution in [0.1, 0.15) is 51.9 Å². The van der Waals surface area contributed by atoms with Gasteiger partial charge in [0.05, 0.1) is 6.10 Å². The molecule has 0 saturated heterocycles. The minimum Gasteiger partial charge on any atom is -0.377 e. The van der Waals surface area contributed by atoms with Crippen molar-refractivity contribution < 1.29 is 4.74 Å². The molecule has 0 amide bonds. The summed E-state index contributed by atoms with van der Waals surface area (Å²) in [4.78, 5) is 0. The molecule has 2 aliphatic rings. The summed E-state index contributed by atoms with van der Waals surface area (Å²) in [5.41, 5.74) is 0. The monoisotopic (exact) mass is 208 g/mol. The van der Waals surface area contributed by atoms with E-state index in [2.05, 4.69) is 19.1 Å². The number of fused-ring (bicyclic) bond motifs is 2. The zero-order valence-electron chi connectivity index (χ0n) is 9.95. The fraction of sp³-hybridized carbons (Fsp3) is 0.857. The van der Waals surface area contributed by atoms with Crippen LogP contribution in [-0.4, -0.2) is 12.7 Å². The van der Waals surface area contributed by atoms with Crippen molar-refractivity contribution in [3.63, 3.8) is 0 Å². The highest BCUT2D eigenvalue weighted by Crippen LogP contribution is 2.41. The van der Waals surface area contributed by atoms with Gasteiger partial charge >= 0.3 is 0 Å². The molecule has 86 valence electrons. The van der Waals surface area contributed by atoms with Crippen molar-refractivity contribution in [1.29, 1.82) is 0 Å². The van der Waals surface area contributed by atoms with E-state index in [9.17, 15) is 0 Å². The van der Waals surface area contributed by atoms with Crippen LogP contribution < -0.4 is 0 Å². The van der Waals surface area contributed by atoms with Gasteiger partial charge in [0.15, 0.2) is 0 Å². The van der Waals surface area contributed by atoms with Gasteiger partial charge in [0, 0.05) is 18.4 Å². The molecule has 0 aromatic rings. The summed E-state index contributed by atoms with van der Waals surface area (Å²) in [6.45, 7) is 3.25. The van der Waals surface area contributed by atoms with Gasteiger partial charge in [0.1, 0.15) is 0 Å². The minimum absolute atomic E-state index is 0.552. The Balaban J connectivity index is 1.52. The van der Waals surface area contributed by atoms with Crippen LogP contribution in [-0.2, 0) is 4.74 Å². The van der Waals surface area contributed by atoms with Crippen LogP contribution in [0, 0.1) is 11.8 Å². The Morgan fingerprint density at radius 1 is 1.00 bits per heavy atom. The lowest BCUT2D eigenvalue weighted by Crippen LogP contribution is -2.19. The van der Waals surface area contributed by atoms with Gasteiger partial charge in [0.2, 0.25) is 0 Å². The Morgan fingerprint density at radius 3 is 2.27 bits per heavy atom. The van der Waals surface area contributed by atoms with Crippen molar-refractivity contribution in [3.05, 3.63) is 12.2 Å². The van der Waals surface area contributed by atoms with E-state index in [1.165, 1.54) is 44.9 Å². The highest BCUT2D eigenvalue weighted by Gasteiger charge is 2.38. The molecule has 2 bridgehead atoms. The van der Waals surface area contributed by atoms with Crippen molar-refractivity contribution in [1.82, 2.24) is 0 Å². The molecule has 2 aliphatic carbocycles. The maximum absolute atomic E-state index is 6.01. The number of rotatable bonds is 7. The highest BCUT2D eigenvalue weighted by atomic mass is 16.5. The Bertz CT molecular complexity index is 195. The molecule has 1 fully saturated rings. The third-order valence-electron chi connectivity index (χ3n) is 3.84. The van der Waals surface area contributed by atoms with E-state index in [-0.39, 0.29) is 0 Å². The van der Waals surface area contributed by atoms with E-state index in [1.54, 1.807) is 0 Å². The maximum atomic E-state index is 6.01. The first-order valence-electron chi connectivity index (χ1n) is 6.71. The van der Waals surface area contributed by atoms with E-state index in [0.717, 1.165) is 18.4 Å². The molecule has 2 unspecified atom stereocenters. The molecular weight excluding hydrogens is 184 g/mol. The number of hydrogen-bond donors (Lipinski definition) is 0. The molecule has 1 nitrogen and oxygen atoms in total. The summed E-state index contributed by atoms with van der Waals surface area (Å²) < 4.78 is 6.01. The second-order valence-corrected chi connectivity index (χ2v) is 5.04. The fourth-order valence-corrected chi connectivity index (χ4v) is 2.90. The Kier molecular flexibility index (Phi) is 4.25. The van der Waals surface area contributed by atoms with Crippen LogP contribution in [0.4, 0.5) is 0 Å². The van der Waals surface area contributed by atoms with Gasteiger partial charge < -0.3 is 4.74 Å². The molecule has 0 radical (unpaired) electrons. The van der Waals surface area contributed by atoms with Gasteiger partial charge in [-0.2, -0.15) is 0 Å². The summed E-state index contributed by atoms with van der Waals surface area (Å²) in [6.07, 6.45) is 14.7. The van der Waals surface area contributed by atoms with Crippen LogP contribution in [0.5, 0.6) is 0 Å². The molecule has 1 heteroatoms. The molecule has 0 heterocycles. The first kappa shape index (κ1) is 11.2. The average Bonchev–Trinajstić information content (AvgIpc) is 2.83. The molecule has 0 spiro atoms. The van der Waals surface area contributed by atoms with Gasteiger partial charge in [-0.25, -0.2) is 0 Å². The number of hydrogen-bond acceptors (Lipinski definition) is 1. The standard InChI is InChI=1S/C14H24O/c1-2-3-4-5-6-11-15-14-12-7-8-13(14)10-9-12/h7-8,12-14H,2-6,9-11H2,1H3. The van der Waals surface area contributed by atoms with Crippen molar-refractivity contribution in [3.8, 4) is 0 Å². The molecule has 15 heavy (non-hydrogen) atoms. The lowest BCUT2D eigenvalue weighted by atomic mass is 10.1. The van der Waals surface area contributed by atoms with Gasteiger partial charge in [-0.3, -0.25) is 0 Å². The zero-order chi connectivity index (χ0) is 10.5. The lowest BCUT2D eigenvalue weighted by molar-refractivity contribution is 0.0265. The molecule has 1 saturated carbocycles. The number of unbranched alkanes of at least 4 members (excludes halogenated alkanes) is 4. The average molecular weight is 208 g/mol. The Labute approximate surface area is 93.9 Å². The summed E-state index contributed by atoms with van der Waals surface area (Å²) in [5, 5.41) is 0. The summed E-state index contributed by atoms with van der Waals surface area (Å²) in [7, 11) is 0. The molecule has 0 aliphatic heterocycles. The largest absolute Gasteiger partial charge is 0.377 e. The fourth-order valence-electron chi connectivity index (χ4n) is 2.90. The van der Waals surface area contributed by atoms with Crippen molar-refractivity contribution in [2.24, 2.45) is 11.8 Å². The smallest absolute Gasteiger partial charge is 0.0700 e. The molecule has 0 aromatic carbocycles. The van der Waals surface area contributed by atoms with E-state index in [4.69, 9.17) is 4.74 Å². The maximum Gasteiger partial charge on any atom is 0.0700 e. The summed E-state index contributed by atoms with van der Waals surface area (Å²) in [5.74, 6) is 1.51. The second-order valence-electron chi connectivity index (χ2n) is 5.04. The van der Waals surface area contributed by atoms with Crippen molar-refractivity contribution >= 4 is 0 Å². The second kappa shape index (κ2) is 5.69. The predicted molar refractivity (Wildman–Crippen MR) is 63.9 cm³/mol. The highest BCUT2D eigenvalue weighted by molar-refractivity contribution is 5.12. The van der Waals surface area contributed by atoms with E-state index >= 15 is 0 Å². The van der Waals surface area contributed by atoms with Crippen LogP contribution in [0.25, 0.3) is 0 Å². The molecule has 2 rings (SSSR count). The normalized spacial score (nSPS) is 32.7. The van der Waals surface area contributed by atoms with E-state index < -0.39 is 0 Å². The van der Waals surface area contributed by atoms with Crippen LogP contribution in [0.15, 0.2) is 12.2 Å². The number of ether oxygens (including phenoxy) is 1. The van der Waals surface area contributed by atoms with Gasteiger partial charge in [-0.1, -0.05) is 44.8 Å². The molecular formula is C14H24O. The van der Waals surface area contributed by atoms with Crippen LogP contribution in [0.3, 0.4) is 0 Å². The predicted octanol–water partition coefficient (Wildman–Crippen LogP) is 3.94. The first-order chi connectivity index (χ1) is 7.42. The van der Waals surface area contributed by atoms with Crippen LogP contribution >= 0.6 is 0 Å². The SMILES string of the molecule is CCCCCCCOC1C2C=CC1CC2. The van der Waals surface area contributed by atoms with E-state index in [0.29, 0.717) is 6.10 Å². The van der Waals surface area contributed by atoms with Crippen LogP contribution in [0.2, 0.25) is 0 Å². The quantitative estimate of drug-likeness (QED) is 0.455. The molecule has 0 aromatic heterocycles.